The highest BCUT2D eigenvalue weighted by molar-refractivity contribution is 7.99. The minimum atomic E-state index is -0.570. The van der Waals surface area contributed by atoms with E-state index in [1.54, 1.807) is 12.3 Å². The number of H-pyrrole nitrogens is 1. The molecule has 0 spiro atoms. The smallest absolute Gasteiger partial charge is 0.413 e. The number of benzene rings is 1. The molecule has 1 amide bonds. The minimum Gasteiger partial charge on any atom is -0.453 e. The number of ether oxygens (including phenoxy) is 1. The van der Waals surface area contributed by atoms with E-state index >= 15 is 0 Å². The minimum absolute atomic E-state index is 0.341. The lowest BCUT2D eigenvalue weighted by atomic mass is 10.3. The molecule has 2 aromatic heterocycles. The second-order valence-corrected chi connectivity index (χ2v) is 5.83. The number of halogens is 1. The molecular weight excluding hydrogens is 324 g/mol. The summed E-state index contributed by atoms with van der Waals surface area (Å²) in [5.74, 6) is 0.341. The summed E-state index contributed by atoms with van der Waals surface area (Å²) in [7, 11) is 1.30. The van der Waals surface area contributed by atoms with Crippen molar-refractivity contribution in [3.8, 4) is 0 Å². The molecule has 0 fully saturated rings. The van der Waals surface area contributed by atoms with Gasteiger partial charge in [0.25, 0.3) is 0 Å². The lowest BCUT2D eigenvalue weighted by Gasteiger charge is -2.00. The molecule has 2 heterocycles. The number of nitrogens with zero attached hydrogens (tertiary/aromatic N) is 2. The summed E-state index contributed by atoms with van der Waals surface area (Å²) in [6.45, 7) is 0. The fourth-order valence-electron chi connectivity index (χ4n) is 1.80. The van der Waals surface area contributed by atoms with Crippen LogP contribution in [0.25, 0.3) is 11.0 Å². The first kappa shape index (κ1) is 14.7. The number of imidazole rings is 1. The molecule has 0 atom stereocenters. The van der Waals surface area contributed by atoms with Gasteiger partial charge in [0.05, 0.1) is 23.2 Å². The van der Waals surface area contributed by atoms with Crippen LogP contribution in [0, 0.1) is 0 Å². The summed E-state index contributed by atoms with van der Waals surface area (Å²) >= 11 is 7.32. The number of carbonyl (C=O) groups excluding carboxylic acids is 1. The Morgan fingerprint density at radius 3 is 2.95 bits per heavy atom. The molecule has 112 valence electrons. The van der Waals surface area contributed by atoms with Crippen LogP contribution >= 0.6 is 23.4 Å². The van der Waals surface area contributed by atoms with Crippen molar-refractivity contribution in [2.45, 2.75) is 9.92 Å². The number of pyridine rings is 1. The largest absolute Gasteiger partial charge is 0.453 e. The Balaban J connectivity index is 1.83. The van der Waals surface area contributed by atoms with Gasteiger partial charge in [0.15, 0.2) is 0 Å². The number of aromatic nitrogens is 3. The van der Waals surface area contributed by atoms with Gasteiger partial charge < -0.3 is 9.72 Å². The Bertz CT molecular complexity index is 819. The third kappa shape index (κ3) is 3.32. The topological polar surface area (TPSA) is 79.9 Å². The number of aromatic amines is 1. The van der Waals surface area contributed by atoms with Gasteiger partial charge in [0.2, 0.25) is 5.95 Å². The highest BCUT2D eigenvalue weighted by Crippen LogP contribution is 2.29. The molecule has 1 aromatic carbocycles. The van der Waals surface area contributed by atoms with Crippen LogP contribution in [0.15, 0.2) is 46.5 Å². The third-order valence-corrected chi connectivity index (χ3v) is 3.95. The van der Waals surface area contributed by atoms with Crippen molar-refractivity contribution in [3.63, 3.8) is 0 Å². The number of fused-ring (bicyclic) bond motifs is 1. The summed E-state index contributed by atoms with van der Waals surface area (Å²) in [6, 6.07) is 9.40. The van der Waals surface area contributed by atoms with E-state index in [0.717, 1.165) is 21.0 Å². The van der Waals surface area contributed by atoms with Gasteiger partial charge in [0.1, 0.15) is 5.03 Å². The van der Waals surface area contributed by atoms with E-state index in [2.05, 4.69) is 25.0 Å². The lowest BCUT2D eigenvalue weighted by Crippen LogP contribution is -2.11. The normalized spacial score (nSPS) is 10.6. The number of rotatable bonds is 3. The first-order chi connectivity index (χ1) is 10.6. The number of anilines is 1. The van der Waals surface area contributed by atoms with E-state index in [4.69, 9.17) is 11.6 Å². The average Bonchev–Trinajstić information content (AvgIpc) is 2.91. The number of amides is 1. The van der Waals surface area contributed by atoms with Gasteiger partial charge in [-0.3, -0.25) is 5.32 Å². The van der Waals surface area contributed by atoms with E-state index in [9.17, 15) is 4.79 Å². The van der Waals surface area contributed by atoms with E-state index in [1.165, 1.54) is 18.9 Å². The average molecular weight is 335 g/mol. The van der Waals surface area contributed by atoms with Crippen LogP contribution in [-0.4, -0.2) is 28.2 Å². The summed E-state index contributed by atoms with van der Waals surface area (Å²) < 4.78 is 4.53. The molecule has 6 nitrogen and oxygen atoms in total. The summed E-state index contributed by atoms with van der Waals surface area (Å²) in [4.78, 5) is 23.7. The van der Waals surface area contributed by atoms with Crippen LogP contribution in [0.5, 0.6) is 0 Å². The maximum atomic E-state index is 11.2. The predicted molar refractivity (Wildman–Crippen MR) is 85.5 cm³/mol. The zero-order valence-corrected chi connectivity index (χ0v) is 13.0. The molecule has 0 unspecified atom stereocenters. The van der Waals surface area contributed by atoms with Crippen molar-refractivity contribution in [1.29, 1.82) is 0 Å². The van der Waals surface area contributed by atoms with Gasteiger partial charge >= 0.3 is 6.09 Å². The van der Waals surface area contributed by atoms with Crippen molar-refractivity contribution in [1.82, 2.24) is 15.0 Å². The maximum Gasteiger partial charge on any atom is 0.413 e. The molecule has 0 saturated heterocycles. The number of methoxy groups -OCH3 is 1. The number of hydrogen-bond acceptors (Lipinski definition) is 5. The summed E-state index contributed by atoms with van der Waals surface area (Å²) in [5, 5.41) is 3.94. The van der Waals surface area contributed by atoms with Gasteiger partial charge in [-0.2, -0.15) is 0 Å². The molecule has 3 aromatic rings. The van der Waals surface area contributed by atoms with Crippen molar-refractivity contribution in [2.24, 2.45) is 0 Å². The summed E-state index contributed by atoms with van der Waals surface area (Å²) in [5.41, 5.74) is 1.56. The molecule has 0 bridgehead atoms. The van der Waals surface area contributed by atoms with Crippen molar-refractivity contribution in [3.05, 3.63) is 41.6 Å². The van der Waals surface area contributed by atoms with Crippen LogP contribution in [-0.2, 0) is 4.74 Å². The Morgan fingerprint density at radius 2 is 2.23 bits per heavy atom. The standard InChI is InChI=1S/C14H11ClN4O2S/c1-21-14(20)19-13-17-10-4-3-9(6-11(10)18-13)22-12-5-2-8(15)7-16-12/h2-7H,1H3,(H2,17,18,19,20). The Labute approximate surface area is 135 Å². The monoisotopic (exact) mass is 334 g/mol. The van der Waals surface area contributed by atoms with E-state index in [1.807, 2.05) is 24.3 Å². The van der Waals surface area contributed by atoms with Crippen LogP contribution in [0.1, 0.15) is 0 Å². The van der Waals surface area contributed by atoms with Crippen LogP contribution in [0.4, 0.5) is 10.7 Å². The summed E-state index contributed by atoms with van der Waals surface area (Å²) in [6.07, 6.45) is 1.04. The molecule has 0 aliphatic heterocycles. The van der Waals surface area contributed by atoms with Gasteiger partial charge in [-0.05, 0) is 30.3 Å². The SMILES string of the molecule is COC(=O)Nc1nc2cc(Sc3ccc(Cl)cn3)ccc2[nH]1. The molecule has 0 aliphatic rings. The predicted octanol–water partition coefficient (Wildman–Crippen LogP) is 3.94. The second-order valence-electron chi connectivity index (χ2n) is 4.30. The van der Waals surface area contributed by atoms with Crippen LogP contribution in [0.3, 0.4) is 0 Å². The van der Waals surface area contributed by atoms with Crippen LogP contribution < -0.4 is 5.32 Å². The van der Waals surface area contributed by atoms with Gasteiger partial charge in [-0.25, -0.2) is 14.8 Å². The fourth-order valence-corrected chi connectivity index (χ4v) is 2.70. The number of nitrogens with one attached hydrogen (secondary N) is 2. The Morgan fingerprint density at radius 1 is 1.36 bits per heavy atom. The van der Waals surface area contributed by atoms with Gasteiger partial charge in [-0.1, -0.05) is 23.4 Å². The number of carbonyl (C=O) groups is 1. The number of hydrogen-bond donors (Lipinski definition) is 2. The highest BCUT2D eigenvalue weighted by atomic mass is 35.5. The molecule has 0 saturated carbocycles. The van der Waals surface area contributed by atoms with Crippen LogP contribution in [0.2, 0.25) is 5.02 Å². The van der Waals surface area contributed by atoms with Crippen molar-refractivity contribution >= 4 is 46.4 Å². The third-order valence-electron chi connectivity index (χ3n) is 2.78. The highest BCUT2D eigenvalue weighted by Gasteiger charge is 2.08. The Kier molecular flexibility index (Phi) is 4.17. The van der Waals surface area contributed by atoms with E-state index in [0.29, 0.717) is 11.0 Å². The quantitative estimate of drug-likeness (QED) is 0.758. The van der Waals surface area contributed by atoms with Crippen molar-refractivity contribution in [2.75, 3.05) is 12.4 Å². The first-order valence-corrected chi connectivity index (χ1v) is 7.47. The molecule has 8 heteroatoms. The molecule has 2 N–H and O–H groups in total. The molecule has 0 aliphatic carbocycles. The molecule has 22 heavy (non-hydrogen) atoms. The van der Waals surface area contributed by atoms with Gasteiger partial charge in [0, 0.05) is 11.1 Å². The first-order valence-electron chi connectivity index (χ1n) is 6.28. The van der Waals surface area contributed by atoms with Crippen molar-refractivity contribution < 1.29 is 9.53 Å². The van der Waals surface area contributed by atoms with E-state index < -0.39 is 6.09 Å². The van der Waals surface area contributed by atoms with E-state index in [-0.39, 0.29) is 0 Å². The fraction of sp³-hybridized carbons (Fsp3) is 0.0714. The second kappa shape index (κ2) is 6.25. The van der Waals surface area contributed by atoms with Gasteiger partial charge in [-0.15, -0.1) is 0 Å². The molecular formula is C14H11ClN4O2S. The maximum absolute atomic E-state index is 11.2. The Hall–Kier alpha value is -2.25. The zero-order chi connectivity index (χ0) is 15.5. The molecule has 3 rings (SSSR count). The lowest BCUT2D eigenvalue weighted by molar-refractivity contribution is 0.186. The zero-order valence-electron chi connectivity index (χ0n) is 11.5. The molecule has 0 radical (unpaired) electrons.